The molecule has 12 N–H and O–H groups in total. The van der Waals surface area contributed by atoms with E-state index >= 15 is 0 Å². The fourth-order valence-corrected chi connectivity index (χ4v) is 7.90. The predicted molar refractivity (Wildman–Crippen MR) is 254 cm³/mol. The van der Waals surface area contributed by atoms with Gasteiger partial charge in [0.1, 0.15) is 73.2 Å². The average Bonchev–Trinajstić information content (AvgIpc) is 3.34. The Morgan fingerprint density at radius 1 is 0.536 bits per heavy atom. The topological polar surface area (TPSA) is 307 Å². The molecule has 19 nitrogen and oxygen atoms in total. The normalized spacial score (nSPS) is 33.5. The zero-order valence-electron chi connectivity index (χ0n) is 40.2. The number of amides is 1. The quantitative estimate of drug-likeness (QED) is 0.0332. The number of hydrogen-bond donors (Lipinski definition) is 12. The number of ether oxygens (including phenoxy) is 6. The Morgan fingerprint density at radius 2 is 0.986 bits per heavy atom. The highest BCUT2D eigenvalue weighted by Gasteiger charge is 2.53. The van der Waals surface area contributed by atoms with Crippen LogP contribution in [0, 0.1) is 0 Å². The molecular weight excluding hydrogens is 903 g/mol. The summed E-state index contributed by atoms with van der Waals surface area (Å²) in [4.78, 5) is 13.1. The van der Waals surface area contributed by atoms with Crippen molar-refractivity contribution in [3.8, 4) is 0 Å². The summed E-state index contributed by atoms with van der Waals surface area (Å²) in [5.74, 6) is -0.303. The summed E-state index contributed by atoms with van der Waals surface area (Å²) in [6, 6.07) is -0.909. The molecule has 0 spiro atoms. The van der Waals surface area contributed by atoms with Crippen molar-refractivity contribution in [3.05, 3.63) is 72.9 Å². The molecule has 17 atom stereocenters. The number of rotatable bonds is 32. The maximum atomic E-state index is 13.1. The second kappa shape index (κ2) is 34.6. The van der Waals surface area contributed by atoms with Gasteiger partial charge in [-0.15, -0.1) is 0 Å². The number of allylic oxidation sites excluding steroid dienone is 12. The van der Waals surface area contributed by atoms with E-state index in [1.54, 1.807) is 0 Å². The first-order valence-electron chi connectivity index (χ1n) is 24.7. The Labute approximate surface area is 407 Å². The minimum atomic E-state index is -1.98. The smallest absolute Gasteiger partial charge is 0.220 e. The minimum absolute atomic E-state index is 0.204. The van der Waals surface area contributed by atoms with Crippen LogP contribution in [0.1, 0.15) is 104 Å². The first-order valence-corrected chi connectivity index (χ1v) is 24.7. The molecule has 0 aliphatic carbocycles. The van der Waals surface area contributed by atoms with Crippen molar-refractivity contribution >= 4 is 5.91 Å². The van der Waals surface area contributed by atoms with Crippen LogP contribution in [0.25, 0.3) is 0 Å². The molecule has 3 fully saturated rings. The molecule has 69 heavy (non-hydrogen) atoms. The van der Waals surface area contributed by atoms with E-state index in [0.29, 0.717) is 19.3 Å². The van der Waals surface area contributed by atoms with Gasteiger partial charge in [0, 0.05) is 6.42 Å². The van der Waals surface area contributed by atoms with Crippen molar-refractivity contribution in [2.45, 2.75) is 208 Å². The number of carbonyl (C=O) groups is 1. The molecule has 3 heterocycles. The molecule has 0 saturated carbocycles. The third kappa shape index (κ3) is 20.7. The molecule has 0 radical (unpaired) electrons. The van der Waals surface area contributed by atoms with Gasteiger partial charge in [-0.25, -0.2) is 0 Å². The molecule has 17 unspecified atom stereocenters. The van der Waals surface area contributed by atoms with E-state index in [-0.39, 0.29) is 18.9 Å². The minimum Gasteiger partial charge on any atom is -0.394 e. The fourth-order valence-electron chi connectivity index (χ4n) is 7.90. The van der Waals surface area contributed by atoms with Crippen LogP contribution in [0.5, 0.6) is 0 Å². The first kappa shape index (κ1) is 60.5. The lowest BCUT2D eigenvalue weighted by atomic mass is 9.96. The molecule has 1 amide bonds. The van der Waals surface area contributed by atoms with Crippen molar-refractivity contribution in [2.24, 2.45) is 0 Å². The Hall–Kier alpha value is -2.77. The second-order valence-corrected chi connectivity index (χ2v) is 17.5. The zero-order chi connectivity index (χ0) is 50.6. The van der Waals surface area contributed by atoms with E-state index in [2.05, 4.69) is 85.2 Å². The molecule has 3 saturated heterocycles. The van der Waals surface area contributed by atoms with Gasteiger partial charge in [0.15, 0.2) is 18.9 Å². The molecule has 19 heteroatoms. The van der Waals surface area contributed by atoms with Gasteiger partial charge in [0.05, 0.1) is 38.6 Å². The average molecular weight is 986 g/mol. The highest BCUT2D eigenvalue weighted by atomic mass is 16.8. The van der Waals surface area contributed by atoms with Crippen LogP contribution in [0.4, 0.5) is 0 Å². The van der Waals surface area contributed by atoms with Crippen LogP contribution in [-0.2, 0) is 33.2 Å². The third-order valence-corrected chi connectivity index (χ3v) is 12.0. The largest absolute Gasteiger partial charge is 0.394 e. The van der Waals surface area contributed by atoms with Gasteiger partial charge < -0.3 is 89.9 Å². The Kier molecular flexibility index (Phi) is 30.3. The second-order valence-electron chi connectivity index (χ2n) is 17.5. The number of aliphatic hydroxyl groups is 11. The number of nitrogens with one attached hydrogen (secondary N) is 1. The molecule has 0 bridgehead atoms. The van der Waals surface area contributed by atoms with E-state index in [0.717, 1.165) is 64.2 Å². The van der Waals surface area contributed by atoms with E-state index < -0.39 is 124 Å². The summed E-state index contributed by atoms with van der Waals surface area (Å²) in [7, 11) is 0. The van der Waals surface area contributed by atoms with Gasteiger partial charge in [-0.05, 0) is 64.2 Å². The van der Waals surface area contributed by atoms with Crippen LogP contribution >= 0.6 is 0 Å². The number of carbonyl (C=O) groups excluding carboxylic acids is 1. The lowest BCUT2D eigenvalue weighted by Crippen LogP contribution is -2.66. The van der Waals surface area contributed by atoms with Gasteiger partial charge in [0.2, 0.25) is 5.91 Å². The molecule has 0 aromatic heterocycles. The Balaban J connectivity index is 1.46. The van der Waals surface area contributed by atoms with Gasteiger partial charge in [-0.2, -0.15) is 0 Å². The Bertz CT molecular complexity index is 1560. The van der Waals surface area contributed by atoms with Crippen molar-refractivity contribution in [1.29, 1.82) is 0 Å². The summed E-state index contributed by atoms with van der Waals surface area (Å²) in [5.41, 5.74) is 0. The van der Waals surface area contributed by atoms with Crippen LogP contribution in [0.15, 0.2) is 72.9 Å². The van der Waals surface area contributed by atoms with Crippen molar-refractivity contribution in [3.63, 3.8) is 0 Å². The number of aliphatic hydroxyl groups excluding tert-OH is 11. The molecule has 3 aliphatic rings. The van der Waals surface area contributed by atoms with Crippen LogP contribution in [-0.4, -0.2) is 193 Å². The summed E-state index contributed by atoms with van der Waals surface area (Å²) < 4.78 is 33.9. The lowest BCUT2D eigenvalue weighted by Gasteiger charge is -2.48. The van der Waals surface area contributed by atoms with Crippen LogP contribution in [0.2, 0.25) is 0 Å². The lowest BCUT2D eigenvalue weighted by molar-refractivity contribution is -0.379. The van der Waals surface area contributed by atoms with Gasteiger partial charge in [-0.1, -0.05) is 106 Å². The molecule has 3 aliphatic heterocycles. The number of hydrogen-bond acceptors (Lipinski definition) is 18. The van der Waals surface area contributed by atoms with E-state index in [4.69, 9.17) is 28.4 Å². The van der Waals surface area contributed by atoms with E-state index in [9.17, 15) is 61.0 Å². The molecule has 396 valence electrons. The predicted octanol–water partition coefficient (Wildman–Crippen LogP) is 1.14. The first-order chi connectivity index (χ1) is 33.3. The van der Waals surface area contributed by atoms with E-state index in [1.165, 1.54) is 0 Å². The van der Waals surface area contributed by atoms with Crippen LogP contribution in [0.3, 0.4) is 0 Å². The van der Waals surface area contributed by atoms with Gasteiger partial charge >= 0.3 is 0 Å². The van der Waals surface area contributed by atoms with Crippen LogP contribution < -0.4 is 5.32 Å². The summed E-state index contributed by atoms with van der Waals surface area (Å²) in [6.07, 6.45) is 9.93. The Morgan fingerprint density at radius 3 is 1.48 bits per heavy atom. The molecule has 0 aromatic rings. The summed E-state index contributed by atoms with van der Waals surface area (Å²) in [6.45, 7) is 1.39. The highest BCUT2D eigenvalue weighted by molar-refractivity contribution is 5.76. The van der Waals surface area contributed by atoms with Crippen molar-refractivity contribution in [1.82, 2.24) is 5.32 Å². The molecule has 0 aromatic carbocycles. The molecule has 3 rings (SSSR count). The maximum absolute atomic E-state index is 13.1. The fraction of sp³-hybridized carbons (Fsp3) is 0.740. The monoisotopic (exact) mass is 986 g/mol. The zero-order valence-corrected chi connectivity index (χ0v) is 40.2. The van der Waals surface area contributed by atoms with Gasteiger partial charge in [0.25, 0.3) is 0 Å². The van der Waals surface area contributed by atoms with E-state index in [1.807, 2.05) is 6.92 Å². The summed E-state index contributed by atoms with van der Waals surface area (Å²) in [5, 5.41) is 119. The van der Waals surface area contributed by atoms with Crippen molar-refractivity contribution in [2.75, 3.05) is 26.4 Å². The SMILES string of the molecule is CC/C=C\C/C=C\C/C=C\C/C=C\C/C=C\C/C=C\CCCCC(=O)NC(COC1OC(CO)C(OC2OC(CO)C(OC3OC(CO)C(O)C(O)C3O)C(O)C2O)C(O)C1O)C(O)CCCCC. The maximum Gasteiger partial charge on any atom is 0.220 e. The highest BCUT2D eigenvalue weighted by Crippen LogP contribution is 2.33. The van der Waals surface area contributed by atoms with Crippen molar-refractivity contribution < 1.29 is 89.4 Å². The third-order valence-electron chi connectivity index (χ3n) is 12.0. The van der Waals surface area contributed by atoms with Gasteiger partial charge in [-0.3, -0.25) is 4.79 Å². The standard InChI is InChI=1S/C50H83NO18/c1-3-5-7-8-9-10-11-12-13-14-15-16-17-18-19-20-21-22-23-24-26-28-38(56)51-33(34(55)27-25-6-4-2)32-64-48-44(62)41(59)46(36(30-53)66-48)69-50-45(63)42(60)47(37(31-54)67-50)68-49-43(61)40(58)39(57)35(29-52)65-49/h5,7,9-10,12-13,15-16,18-19,21-22,33-37,39-50,52-55,57-63H,3-4,6,8,11,14,17,20,23-32H2,1-2H3,(H,51,56)/b7-5-,10-9-,13-12-,16-15-,19-18-,22-21-. The summed E-state index contributed by atoms with van der Waals surface area (Å²) >= 11 is 0. The molecular formula is C50H83NO18. The number of unbranched alkanes of at least 4 members (excludes halogenated alkanes) is 4.